The molecule has 0 bridgehead atoms. The van der Waals surface area contributed by atoms with E-state index in [1.807, 2.05) is 36.4 Å². The highest BCUT2D eigenvalue weighted by atomic mass is 16.5. The maximum atomic E-state index is 6.24. The van der Waals surface area contributed by atoms with Gasteiger partial charge >= 0.3 is 0 Å². The molecule has 1 aromatic heterocycles. The Morgan fingerprint density at radius 3 is 2.52 bits per heavy atom. The summed E-state index contributed by atoms with van der Waals surface area (Å²) in [7, 11) is 1.67. The summed E-state index contributed by atoms with van der Waals surface area (Å²) >= 11 is 0. The van der Waals surface area contributed by atoms with Crippen LogP contribution in [0.2, 0.25) is 0 Å². The van der Waals surface area contributed by atoms with Crippen molar-refractivity contribution < 1.29 is 9.47 Å². The molecule has 0 amide bonds. The maximum Gasteiger partial charge on any atom is 0.150 e. The first-order valence-electron chi connectivity index (χ1n) is 11.7. The number of H-pyrrole nitrogens is 1. The van der Waals surface area contributed by atoms with E-state index in [4.69, 9.17) is 9.47 Å². The number of hydrogen-bond acceptors (Lipinski definition) is 4. The number of benzene rings is 3. The summed E-state index contributed by atoms with van der Waals surface area (Å²) in [6.07, 6.45) is 4.46. The number of aryl methyl sites for hydroxylation is 1. The minimum absolute atomic E-state index is 0.790. The van der Waals surface area contributed by atoms with Crippen molar-refractivity contribution in [2.45, 2.75) is 12.8 Å². The molecular weight excluding hydrogens is 410 g/mol. The number of rotatable bonds is 8. The van der Waals surface area contributed by atoms with Gasteiger partial charge in [-0.1, -0.05) is 36.4 Å². The molecule has 1 saturated heterocycles. The number of hydrogen-bond donors (Lipinski definition) is 1. The molecule has 1 fully saturated rings. The fraction of sp³-hybridized carbons (Fsp3) is 0.286. The van der Waals surface area contributed by atoms with Gasteiger partial charge in [-0.15, -0.1) is 0 Å². The van der Waals surface area contributed by atoms with Crippen molar-refractivity contribution in [2.75, 3.05) is 44.7 Å². The first-order valence-corrected chi connectivity index (χ1v) is 11.7. The molecule has 0 atom stereocenters. The molecule has 1 aliphatic rings. The third-order valence-electron chi connectivity index (χ3n) is 6.44. The van der Waals surface area contributed by atoms with E-state index in [1.54, 1.807) is 7.11 Å². The van der Waals surface area contributed by atoms with Gasteiger partial charge in [-0.2, -0.15) is 0 Å². The predicted octanol–water partition coefficient (Wildman–Crippen LogP) is 5.72. The summed E-state index contributed by atoms with van der Waals surface area (Å²) < 4.78 is 11.6. The second-order valence-electron chi connectivity index (χ2n) is 8.54. The lowest BCUT2D eigenvalue weighted by molar-refractivity contribution is 0.254. The Hall–Kier alpha value is -3.44. The third kappa shape index (κ3) is 4.99. The van der Waals surface area contributed by atoms with E-state index in [0.717, 1.165) is 62.1 Å². The number of nitrogens with zero attached hydrogens (tertiary/aromatic N) is 2. The summed E-state index contributed by atoms with van der Waals surface area (Å²) in [5.74, 6) is 2.47. The van der Waals surface area contributed by atoms with E-state index in [-0.39, 0.29) is 0 Å². The number of methoxy groups -OCH3 is 1. The van der Waals surface area contributed by atoms with Crippen LogP contribution >= 0.6 is 0 Å². The summed E-state index contributed by atoms with van der Waals surface area (Å²) in [6, 6.07) is 24.6. The van der Waals surface area contributed by atoms with Gasteiger partial charge in [0.1, 0.15) is 11.5 Å². The summed E-state index contributed by atoms with van der Waals surface area (Å²) in [6.45, 7) is 5.29. The molecule has 0 radical (unpaired) electrons. The average Bonchev–Trinajstić information content (AvgIpc) is 3.28. The normalized spacial score (nSPS) is 14.5. The lowest BCUT2D eigenvalue weighted by Gasteiger charge is -2.36. The molecule has 1 aliphatic heterocycles. The van der Waals surface area contributed by atoms with Crippen LogP contribution in [0.15, 0.2) is 79.0 Å². The number of nitrogens with one attached hydrogen (secondary N) is 1. The lowest BCUT2D eigenvalue weighted by atomic mass is 10.1. The smallest absolute Gasteiger partial charge is 0.150 e. The Bertz CT molecular complexity index is 1190. The van der Waals surface area contributed by atoms with Gasteiger partial charge in [0.25, 0.3) is 0 Å². The summed E-state index contributed by atoms with van der Waals surface area (Å²) in [5, 5.41) is 1.36. The SMILES string of the molecule is COc1cccc(Oc2ccccc2N2CCN(CCCc3c[nH]c4ccccc34)CC2)c1. The minimum Gasteiger partial charge on any atom is -0.497 e. The van der Waals surface area contributed by atoms with Crippen molar-refractivity contribution in [3.05, 3.63) is 84.6 Å². The van der Waals surface area contributed by atoms with Crippen LogP contribution in [0.25, 0.3) is 10.9 Å². The molecule has 5 heteroatoms. The number of fused-ring (bicyclic) bond motifs is 1. The van der Waals surface area contributed by atoms with Crippen molar-refractivity contribution >= 4 is 16.6 Å². The Morgan fingerprint density at radius 2 is 1.64 bits per heavy atom. The zero-order valence-corrected chi connectivity index (χ0v) is 19.2. The van der Waals surface area contributed by atoms with E-state index >= 15 is 0 Å². The molecule has 2 heterocycles. The van der Waals surface area contributed by atoms with E-state index in [2.05, 4.69) is 57.4 Å². The predicted molar refractivity (Wildman–Crippen MR) is 135 cm³/mol. The maximum absolute atomic E-state index is 6.24. The van der Waals surface area contributed by atoms with Crippen molar-refractivity contribution in [2.24, 2.45) is 0 Å². The molecule has 3 aromatic carbocycles. The molecule has 1 N–H and O–H groups in total. The molecule has 4 aromatic rings. The topological polar surface area (TPSA) is 40.7 Å². The highest BCUT2D eigenvalue weighted by Gasteiger charge is 2.20. The van der Waals surface area contributed by atoms with Crippen molar-refractivity contribution in [3.63, 3.8) is 0 Å². The zero-order chi connectivity index (χ0) is 22.5. The van der Waals surface area contributed by atoms with E-state index in [9.17, 15) is 0 Å². The summed E-state index contributed by atoms with van der Waals surface area (Å²) in [5.41, 5.74) is 3.81. The first-order chi connectivity index (χ1) is 16.3. The molecule has 33 heavy (non-hydrogen) atoms. The fourth-order valence-electron chi connectivity index (χ4n) is 4.64. The van der Waals surface area contributed by atoms with Gasteiger partial charge < -0.3 is 19.4 Å². The number of para-hydroxylation sites is 3. The van der Waals surface area contributed by atoms with Crippen molar-refractivity contribution in [1.29, 1.82) is 0 Å². The zero-order valence-electron chi connectivity index (χ0n) is 19.2. The highest BCUT2D eigenvalue weighted by molar-refractivity contribution is 5.83. The largest absolute Gasteiger partial charge is 0.497 e. The van der Waals surface area contributed by atoms with Gasteiger partial charge in [-0.05, 0) is 55.3 Å². The summed E-state index contributed by atoms with van der Waals surface area (Å²) in [4.78, 5) is 8.41. The molecule has 170 valence electrons. The molecule has 0 saturated carbocycles. The Morgan fingerprint density at radius 1 is 0.848 bits per heavy atom. The van der Waals surface area contributed by atoms with Gasteiger partial charge in [0, 0.05) is 49.3 Å². The molecular formula is C28H31N3O2. The Kier molecular flexibility index (Phi) is 6.49. The van der Waals surface area contributed by atoms with Crippen molar-refractivity contribution in [1.82, 2.24) is 9.88 Å². The van der Waals surface area contributed by atoms with Crippen LogP contribution in [0, 0.1) is 0 Å². The quantitative estimate of drug-likeness (QED) is 0.379. The first kappa shape index (κ1) is 21.4. The van der Waals surface area contributed by atoms with Gasteiger partial charge in [0.2, 0.25) is 0 Å². The molecule has 0 aliphatic carbocycles. The number of aromatic amines is 1. The molecule has 5 rings (SSSR count). The van der Waals surface area contributed by atoms with Gasteiger partial charge in [0.05, 0.1) is 12.8 Å². The fourth-order valence-corrected chi connectivity index (χ4v) is 4.64. The van der Waals surface area contributed by atoms with E-state index in [1.165, 1.54) is 22.9 Å². The van der Waals surface area contributed by atoms with Crippen LogP contribution in [0.5, 0.6) is 17.2 Å². The van der Waals surface area contributed by atoms with Crippen LogP contribution in [0.1, 0.15) is 12.0 Å². The molecule has 0 spiro atoms. The second-order valence-corrected chi connectivity index (χ2v) is 8.54. The van der Waals surface area contributed by atoms with Gasteiger partial charge in [-0.25, -0.2) is 0 Å². The lowest BCUT2D eigenvalue weighted by Crippen LogP contribution is -2.46. The third-order valence-corrected chi connectivity index (χ3v) is 6.44. The number of anilines is 1. The van der Waals surface area contributed by atoms with E-state index in [0.29, 0.717) is 0 Å². The van der Waals surface area contributed by atoms with Crippen LogP contribution < -0.4 is 14.4 Å². The monoisotopic (exact) mass is 441 g/mol. The molecule has 5 nitrogen and oxygen atoms in total. The highest BCUT2D eigenvalue weighted by Crippen LogP contribution is 2.34. The van der Waals surface area contributed by atoms with Crippen LogP contribution in [0.4, 0.5) is 5.69 Å². The Labute approximate surface area is 195 Å². The standard InChI is InChI=1S/C28H31N3O2/c1-32-23-9-6-10-24(20-23)33-28-14-5-4-13-27(28)31-18-16-30(17-19-31)15-7-8-22-21-29-26-12-3-2-11-25(22)26/h2-6,9-14,20-21,29H,7-8,15-19H2,1H3. The number of aromatic nitrogens is 1. The average molecular weight is 442 g/mol. The van der Waals surface area contributed by atoms with Crippen LogP contribution in [0.3, 0.4) is 0 Å². The molecule has 0 unspecified atom stereocenters. The minimum atomic E-state index is 0.790. The van der Waals surface area contributed by atoms with Gasteiger partial charge in [-0.3, -0.25) is 4.90 Å². The Balaban J connectivity index is 1.16. The second kappa shape index (κ2) is 10.0. The van der Waals surface area contributed by atoms with Gasteiger partial charge in [0.15, 0.2) is 5.75 Å². The van der Waals surface area contributed by atoms with Crippen LogP contribution in [-0.4, -0.2) is 49.7 Å². The van der Waals surface area contributed by atoms with E-state index < -0.39 is 0 Å². The number of piperazine rings is 1. The van der Waals surface area contributed by atoms with Crippen molar-refractivity contribution in [3.8, 4) is 17.2 Å². The van der Waals surface area contributed by atoms with Crippen LogP contribution in [-0.2, 0) is 6.42 Å². The number of ether oxygens (including phenoxy) is 2.